The zero-order chi connectivity index (χ0) is 43.9. The minimum atomic E-state index is 0.737. The second-order valence-electron chi connectivity index (χ2n) is 16.8. The molecular formula is C61H46N4. The fourth-order valence-electron chi connectivity index (χ4n) is 9.30. The quantitative estimate of drug-likeness (QED) is 0.145. The van der Waals surface area contributed by atoms with Gasteiger partial charge < -0.3 is 9.47 Å². The van der Waals surface area contributed by atoms with E-state index in [1.54, 1.807) is 0 Å². The molecule has 0 aliphatic heterocycles. The maximum Gasteiger partial charge on any atom is 0.160 e. The van der Waals surface area contributed by atoms with Crippen molar-refractivity contribution in [3.63, 3.8) is 0 Å². The molecule has 4 nitrogen and oxygen atoms in total. The number of hydrogen-bond donors (Lipinski definition) is 0. The number of anilines is 3. The molecule has 9 aromatic carbocycles. The lowest BCUT2D eigenvalue weighted by Crippen LogP contribution is -2.09. The zero-order valence-corrected chi connectivity index (χ0v) is 36.7. The molecule has 0 saturated heterocycles. The molecule has 0 N–H and O–H groups in total. The largest absolute Gasteiger partial charge is 0.310 e. The second kappa shape index (κ2) is 16.7. The summed E-state index contributed by atoms with van der Waals surface area (Å²) in [6.07, 6.45) is 0. The Morgan fingerprint density at radius 1 is 0.338 bits per heavy atom. The van der Waals surface area contributed by atoms with Crippen LogP contribution in [0.3, 0.4) is 0 Å². The van der Waals surface area contributed by atoms with Crippen LogP contribution in [-0.4, -0.2) is 14.5 Å². The van der Waals surface area contributed by atoms with E-state index < -0.39 is 0 Å². The van der Waals surface area contributed by atoms with Crippen molar-refractivity contribution in [2.24, 2.45) is 0 Å². The molecular weight excluding hydrogens is 789 g/mol. The minimum absolute atomic E-state index is 0.737. The number of hydrogen-bond acceptors (Lipinski definition) is 3. The van der Waals surface area contributed by atoms with Crippen molar-refractivity contribution >= 4 is 38.9 Å². The molecule has 0 unspecified atom stereocenters. The highest BCUT2D eigenvalue weighted by Gasteiger charge is 2.18. The van der Waals surface area contributed by atoms with Crippen LogP contribution >= 0.6 is 0 Å². The average Bonchev–Trinajstić information content (AvgIpc) is 3.69. The van der Waals surface area contributed by atoms with Gasteiger partial charge in [0, 0.05) is 50.2 Å². The number of rotatable bonds is 9. The summed E-state index contributed by atoms with van der Waals surface area (Å²) < 4.78 is 2.40. The molecule has 2 aromatic heterocycles. The molecule has 0 atom stereocenters. The van der Waals surface area contributed by atoms with Crippen LogP contribution in [0.5, 0.6) is 0 Å². The van der Waals surface area contributed by atoms with Crippen LogP contribution in [0.15, 0.2) is 224 Å². The average molecular weight is 835 g/mol. The Labute approximate surface area is 380 Å². The van der Waals surface area contributed by atoms with Crippen molar-refractivity contribution in [2.75, 3.05) is 4.90 Å². The van der Waals surface area contributed by atoms with Gasteiger partial charge in [0.2, 0.25) is 0 Å². The number of aromatic nitrogens is 3. The molecule has 0 saturated carbocycles. The van der Waals surface area contributed by atoms with E-state index in [1.807, 2.05) is 0 Å². The number of benzene rings is 9. The van der Waals surface area contributed by atoms with Crippen LogP contribution in [-0.2, 0) is 0 Å². The second-order valence-corrected chi connectivity index (χ2v) is 16.8. The Balaban J connectivity index is 0.891. The first-order valence-corrected chi connectivity index (χ1v) is 22.2. The summed E-state index contributed by atoms with van der Waals surface area (Å²) in [5.74, 6) is 0.737. The van der Waals surface area contributed by atoms with Crippen LogP contribution in [0, 0.1) is 20.8 Å². The van der Waals surface area contributed by atoms with Gasteiger partial charge in [-0.2, -0.15) is 0 Å². The van der Waals surface area contributed by atoms with Gasteiger partial charge in [-0.15, -0.1) is 0 Å². The maximum absolute atomic E-state index is 5.11. The predicted octanol–water partition coefficient (Wildman–Crippen LogP) is 16.3. The first kappa shape index (κ1) is 39.5. The first-order valence-electron chi connectivity index (χ1n) is 22.2. The molecule has 65 heavy (non-hydrogen) atoms. The third-order valence-electron chi connectivity index (χ3n) is 12.7. The fourth-order valence-corrected chi connectivity index (χ4v) is 9.30. The smallest absolute Gasteiger partial charge is 0.160 e. The van der Waals surface area contributed by atoms with E-state index in [2.05, 4.69) is 255 Å². The molecule has 310 valence electrons. The van der Waals surface area contributed by atoms with E-state index in [0.29, 0.717) is 0 Å². The van der Waals surface area contributed by atoms with Crippen LogP contribution in [0.2, 0.25) is 0 Å². The Morgan fingerprint density at radius 2 is 0.877 bits per heavy atom. The monoisotopic (exact) mass is 834 g/mol. The van der Waals surface area contributed by atoms with E-state index in [4.69, 9.17) is 9.97 Å². The van der Waals surface area contributed by atoms with Crippen molar-refractivity contribution in [1.82, 2.24) is 14.5 Å². The molecule has 2 heterocycles. The highest BCUT2D eigenvalue weighted by molar-refractivity contribution is 6.10. The van der Waals surface area contributed by atoms with Crippen molar-refractivity contribution < 1.29 is 0 Å². The van der Waals surface area contributed by atoms with Gasteiger partial charge in [0.25, 0.3) is 0 Å². The Kier molecular flexibility index (Phi) is 10.2. The van der Waals surface area contributed by atoms with Crippen LogP contribution < -0.4 is 4.90 Å². The minimum Gasteiger partial charge on any atom is -0.310 e. The predicted molar refractivity (Wildman–Crippen MR) is 272 cm³/mol. The number of para-hydroxylation sites is 3. The van der Waals surface area contributed by atoms with Crippen molar-refractivity contribution in [2.45, 2.75) is 20.8 Å². The summed E-state index contributed by atoms with van der Waals surface area (Å²) in [5, 5.41) is 2.45. The van der Waals surface area contributed by atoms with E-state index in [0.717, 1.165) is 67.8 Å². The van der Waals surface area contributed by atoms with Gasteiger partial charge in [0.05, 0.1) is 22.4 Å². The summed E-state index contributed by atoms with van der Waals surface area (Å²) >= 11 is 0. The van der Waals surface area contributed by atoms with E-state index in [9.17, 15) is 0 Å². The maximum atomic E-state index is 5.11. The van der Waals surface area contributed by atoms with Gasteiger partial charge in [-0.25, -0.2) is 9.97 Å². The Hall–Kier alpha value is -8.34. The van der Waals surface area contributed by atoms with E-state index in [-0.39, 0.29) is 0 Å². The normalized spacial score (nSPS) is 11.3. The number of aryl methyl sites for hydroxylation is 3. The molecule has 11 rings (SSSR count). The molecule has 0 fully saturated rings. The highest BCUT2D eigenvalue weighted by Crippen LogP contribution is 2.40. The molecule has 0 radical (unpaired) electrons. The molecule has 0 bridgehead atoms. The van der Waals surface area contributed by atoms with Gasteiger partial charge in [-0.05, 0) is 126 Å². The summed E-state index contributed by atoms with van der Waals surface area (Å²) in [6, 6.07) is 80.2. The topological polar surface area (TPSA) is 34.0 Å². The molecule has 11 aromatic rings. The van der Waals surface area contributed by atoms with Crippen molar-refractivity contribution in [3.05, 3.63) is 241 Å². The lowest BCUT2D eigenvalue weighted by molar-refractivity contribution is 1.17. The summed E-state index contributed by atoms with van der Waals surface area (Å²) in [7, 11) is 0. The van der Waals surface area contributed by atoms with E-state index in [1.165, 1.54) is 49.6 Å². The third kappa shape index (κ3) is 7.45. The van der Waals surface area contributed by atoms with Gasteiger partial charge in [0.15, 0.2) is 5.82 Å². The fraction of sp³-hybridized carbons (Fsp3) is 0.0492. The Morgan fingerprint density at radius 3 is 1.52 bits per heavy atom. The lowest BCUT2D eigenvalue weighted by atomic mass is 9.96. The summed E-state index contributed by atoms with van der Waals surface area (Å²) in [5.41, 5.74) is 20.2. The molecule has 0 aliphatic carbocycles. The summed E-state index contributed by atoms with van der Waals surface area (Å²) in [6.45, 7) is 6.47. The molecule has 0 amide bonds. The lowest BCUT2D eigenvalue weighted by Gasteiger charge is -2.25. The highest BCUT2D eigenvalue weighted by atomic mass is 15.1. The summed E-state index contributed by atoms with van der Waals surface area (Å²) in [4.78, 5) is 12.5. The standard InChI is InChI=1S/C61H46N4/c1-41-16-10-12-22-53(41)58-40-57(62-61(63-58)54-23-13-11-17-42(54)2)47-32-28-45(29-33-47)44-26-30-46(31-27-44)52-36-34-50(38-43(52)3)65-59-25-15-14-24-55(59)56-39-51(35-37-60(56)65)64(48-18-6-4-7-19-48)49-20-8-5-9-21-49/h4-40H,1-3H3. The zero-order valence-electron chi connectivity index (χ0n) is 36.7. The van der Waals surface area contributed by atoms with Crippen molar-refractivity contribution in [1.29, 1.82) is 0 Å². The van der Waals surface area contributed by atoms with Gasteiger partial charge in [-0.1, -0.05) is 158 Å². The molecule has 0 aliphatic rings. The van der Waals surface area contributed by atoms with Gasteiger partial charge in [0.1, 0.15) is 0 Å². The van der Waals surface area contributed by atoms with Gasteiger partial charge in [-0.3, -0.25) is 0 Å². The third-order valence-corrected chi connectivity index (χ3v) is 12.7. The van der Waals surface area contributed by atoms with E-state index >= 15 is 0 Å². The Bertz CT molecular complexity index is 3390. The van der Waals surface area contributed by atoms with Crippen LogP contribution in [0.1, 0.15) is 16.7 Å². The van der Waals surface area contributed by atoms with Gasteiger partial charge >= 0.3 is 0 Å². The molecule has 0 spiro atoms. The van der Waals surface area contributed by atoms with Crippen LogP contribution in [0.4, 0.5) is 17.1 Å². The number of fused-ring (bicyclic) bond motifs is 3. The SMILES string of the molecule is Cc1cc(-n2c3ccccc3c3cc(N(c4ccccc4)c4ccccc4)ccc32)ccc1-c1ccc(-c2ccc(-c3cc(-c4ccccc4C)nc(-c4ccccc4C)n3)cc2)cc1. The van der Waals surface area contributed by atoms with Crippen LogP contribution in [0.25, 0.3) is 83.6 Å². The van der Waals surface area contributed by atoms with Crippen molar-refractivity contribution in [3.8, 4) is 61.8 Å². The number of nitrogens with zero attached hydrogens (tertiary/aromatic N) is 4. The first-order chi connectivity index (χ1) is 32.0. The molecule has 4 heteroatoms.